The molecule has 2 aromatic heterocycles. The van der Waals surface area contributed by atoms with Crippen LogP contribution in [0.2, 0.25) is 0 Å². The predicted octanol–water partition coefficient (Wildman–Crippen LogP) is 1.41. The summed E-state index contributed by atoms with van der Waals surface area (Å²) in [7, 11) is 1.83. The molecule has 0 aliphatic heterocycles. The molecule has 124 valence electrons. The third-order valence-electron chi connectivity index (χ3n) is 3.58. The van der Waals surface area contributed by atoms with E-state index < -0.39 is 4.92 Å². The van der Waals surface area contributed by atoms with Gasteiger partial charge in [0.2, 0.25) is 5.91 Å². The predicted molar refractivity (Wildman–Crippen MR) is 82.7 cm³/mol. The summed E-state index contributed by atoms with van der Waals surface area (Å²) in [5.74, 6) is -0.142. The second-order valence-corrected chi connectivity index (χ2v) is 5.50. The van der Waals surface area contributed by atoms with Gasteiger partial charge in [0.1, 0.15) is 11.9 Å². The molecule has 2 heterocycles. The first-order chi connectivity index (χ1) is 10.8. The molecule has 0 spiro atoms. The summed E-state index contributed by atoms with van der Waals surface area (Å²) in [6, 6.07) is -0.148. The topological polar surface area (TPSA) is 108 Å². The van der Waals surface area contributed by atoms with Crippen LogP contribution in [0.25, 0.3) is 0 Å². The highest BCUT2D eigenvalue weighted by atomic mass is 16.6. The van der Waals surface area contributed by atoms with Gasteiger partial charge in [-0.25, -0.2) is 0 Å². The van der Waals surface area contributed by atoms with E-state index in [1.54, 1.807) is 11.6 Å². The molecule has 1 amide bonds. The van der Waals surface area contributed by atoms with E-state index in [9.17, 15) is 14.9 Å². The number of nitrogens with zero attached hydrogens (tertiary/aromatic N) is 5. The molecule has 0 aliphatic carbocycles. The zero-order chi connectivity index (χ0) is 17.1. The molecule has 0 bridgehead atoms. The summed E-state index contributed by atoms with van der Waals surface area (Å²) < 4.78 is 3.13. The molecule has 1 N–H and O–H groups in total. The Morgan fingerprint density at radius 2 is 2.04 bits per heavy atom. The number of rotatable bonds is 6. The number of aryl methyl sites for hydroxylation is 4. The molecule has 2 aromatic rings. The van der Waals surface area contributed by atoms with Crippen LogP contribution in [0.5, 0.6) is 0 Å². The number of nitrogens with one attached hydrogen (secondary N) is 1. The number of hydrogen-bond donors (Lipinski definition) is 1. The van der Waals surface area contributed by atoms with Crippen molar-refractivity contribution in [2.24, 2.45) is 7.05 Å². The van der Waals surface area contributed by atoms with Crippen molar-refractivity contribution < 1.29 is 9.72 Å². The first-order valence-corrected chi connectivity index (χ1v) is 7.26. The zero-order valence-corrected chi connectivity index (χ0v) is 13.6. The number of carbonyl (C=O) groups excluding carboxylic acids is 1. The Hall–Kier alpha value is -2.71. The van der Waals surface area contributed by atoms with Crippen molar-refractivity contribution in [3.63, 3.8) is 0 Å². The number of aromatic nitrogens is 4. The lowest BCUT2D eigenvalue weighted by molar-refractivity contribution is -0.385. The van der Waals surface area contributed by atoms with Crippen molar-refractivity contribution in [3.05, 3.63) is 39.5 Å². The van der Waals surface area contributed by atoms with E-state index in [0.29, 0.717) is 12.2 Å². The van der Waals surface area contributed by atoms with Crippen LogP contribution in [0, 0.1) is 24.0 Å². The first kappa shape index (κ1) is 16.7. The summed E-state index contributed by atoms with van der Waals surface area (Å²) in [5.41, 5.74) is 2.14. The van der Waals surface area contributed by atoms with Crippen molar-refractivity contribution in [2.45, 2.75) is 39.8 Å². The van der Waals surface area contributed by atoms with Gasteiger partial charge in [-0.15, -0.1) is 0 Å². The van der Waals surface area contributed by atoms with Gasteiger partial charge in [0, 0.05) is 31.8 Å². The molecule has 9 nitrogen and oxygen atoms in total. The normalized spacial score (nSPS) is 12.2. The van der Waals surface area contributed by atoms with Gasteiger partial charge in [0.15, 0.2) is 0 Å². The molecule has 23 heavy (non-hydrogen) atoms. The van der Waals surface area contributed by atoms with Crippen molar-refractivity contribution >= 4 is 11.6 Å². The van der Waals surface area contributed by atoms with Gasteiger partial charge in [-0.1, -0.05) is 0 Å². The summed E-state index contributed by atoms with van der Waals surface area (Å²) >= 11 is 0. The molecule has 0 radical (unpaired) electrons. The molecule has 0 fully saturated rings. The SMILES string of the molecule is Cc1nn(C)cc1C(C)NC(=O)CCn1cc([N+](=O)[O-])c(C)n1. The number of carbonyl (C=O) groups is 1. The largest absolute Gasteiger partial charge is 0.349 e. The van der Waals surface area contributed by atoms with Crippen LogP contribution in [0.1, 0.15) is 36.3 Å². The van der Waals surface area contributed by atoms with E-state index in [1.165, 1.54) is 10.9 Å². The standard InChI is InChI=1S/C14H20N6O3/c1-9(12-7-18(4)16-10(12)2)15-14(21)5-6-19-8-13(20(22)23)11(3)17-19/h7-9H,5-6H2,1-4H3,(H,15,21). The lowest BCUT2D eigenvalue weighted by Crippen LogP contribution is -2.27. The fourth-order valence-electron chi connectivity index (χ4n) is 2.45. The molecule has 9 heteroatoms. The maximum Gasteiger partial charge on any atom is 0.309 e. The zero-order valence-electron chi connectivity index (χ0n) is 13.6. The average Bonchev–Trinajstić information content (AvgIpc) is 2.99. The minimum atomic E-state index is -0.480. The Labute approximate surface area is 133 Å². The van der Waals surface area contributed by atoms with Gasteiger partial charge in [0.25, 0.3) is 0 Å². The minimum Gasteiger partial charge on any atom is -0.349 e. The van der Waals surface area contributed by atoms with E-state index in [2.05, 4.69) is 15.5 Å². The highest BCUT2D eigenvalue weighted by Gasteiger charge is 2.17. The monoisotopic (exact) mass is 320 g/mol. The van der Waals surface area contributed by atoms with Gasteiger partial charge in [-0.05, 0) is 20.8 Å². The quantitative estimate of drug-likeness (QED) is 0.639. The Morgan fingerprint density at radius 1 is 1.35 bits per heavy atom. The Bertz CT molecular complexity index is 733. The second-order valence-electron chi connectivity index (χ2n) is 5.50. The molecular formula is C14H20N6O3. The van der Waals surface area contributed by atoms with Crippen LogP contribution in [0.3, 0.4) is 0 Å². The van der Waals surface area contributed by atoms with Crippen LogP contribution >= 0.6 is 0 Å². The third kappa shape index (κ3) is 3.93. The van der Waals surface area contributed by atoms with Crippen LogP contribution < -0.4 is 5.32 Å². The van der Waals surface area contributed by atoms with Crippen LogP contribution in [-0.4, -0.2) is 30.4 Å². The van der Waals surface area contributed by atoms with E-state index in [1.807, 2.05) is 27.1 Å². The van der Waals surface area contributed by atoms with E-state index >= 15 is 0 Å². The van der Waals surface area contributed by atoms with Crippen LogP contribution in [-0.2, 0) is 18.4 Å². The van der Waals surface area contributed by atoms with Gasteiger partial charge >= 0.3 is 5.69 Å². The summed E-state index contributed by atoms with van der Waals surface area (Å²) in [4.78, 5) is 22.3. The van der Waals surface area contributed by atoms with Crippen LogP contribution in [0.15, 0.2) is 12.4 Å². The minimum absolute atomic E-state index is 0.0373. The smallest absolute Gasteiger partial charge is 0.309 e. The fourth-order valence-corrected chi connectivity index (χ4v) is 2.45. The third-order valence-corrected chi connectivity index (χ3v) is 3.58. The second kappa shape index (κ2) is 6.59. The Balaban J connectivity index is 1.91. The molecular weight excluding hydrogens is 300 g/mol. The first-order valence-electron chi connectivity index (χ1n) is 7.26. The molecule has 1 unspecified atom stereocenters. The molecule has 0 saturated heterocycles. The highest BCUT2D eigenvalue weighted by Crippen LogP contribution is 2.17. The average molecular weight is 320 g/mol. The van der Waals surface area contributed by atoms with E-state index in [0.717, 1.165) is 11.3 Å². The van der Waals surface area contributed by atoms with Crippen molar-refractivity contribution in [3.8, 4) is 0 Å². The summed E-state index contributed by atoms with van der Waals surface area (Å²) in [5, 5.41) is 22.0. The van der Waals surface area contributed by atoms with Crippen molar-refractivity contribution in [2.75, 3.05) is 0 Å². The Kier molecular flexibility index (Phi) is 4.77. The summed E-state index contributed by atoms with van der Waals surface area (Å²) in [6.45, 7) is 5.65. The van der Waals surface area contributed by atoms with Gasteiger partial charge in [-0.3, -0.25) is 24.3 Å². The number of hydrogen-bond acceptors (Lipinski definition) is 5. The van der Waals surface area contributed by atoms with Crippen LogP contribution in [0.4, 0.5) is 5.69 Å². The van der Waals surface area contributed by atoms with E-state index in [-0.39, 0.29) is 24.1 Å². The van der Waals surface area contributed by atoms with Gasteiger partial charge in [-0.2, -0.15) is 10.2 Å². The lowest BCUT2D eigenvalue weighted by Gasteiger charge is -2.13. The van der Waals surface area contributed by atoms with E-state index in [4.69, 9.17) is 0 Å². The highest BCUT2D eigenvalue weighted by molar-refractivity contribution is 5.76. The lowest BCUT2D eigenvalue weighted by atomic mass is 10.1. The molecule has 0 aromatic carbocycles. The maximum absolute atomic E-state index is 12.0. The fraction of sp³-hybridized carbons (Fsp3) is 0.500. The Morgan fingerprint density at radius 3 is 2.57 bits per heavy atom. The van der Waals surface area contributed by atoms with Gasteiger partial charge < -0.3 is 5.32 Å². The summed E-state index contributed by atoms with van der Waals surface area (Å²) in [6.07, 6.45) is 3.42. The maximum atomic E-state index is 12.0. The number of amides is 1. The van der Waals surface area contributed by atoms with Crippen molar-refractivity contribution in [1.29, 1.82) is 0 Å². The number of nitro groups is 1. The van der Waals surface area contributed by atoms with Gasteiger partial charge in [0.05, 0.1) is 16.7 Å². The molecule has 0 saturated carbocycles. The molecule has 0 aliphatic rings. The molecule has 1 atom stereocenters. The molecule has 2 rings (SSSR count). The van der Waals surface area contributed by atoms with Crippen molar-refractivity contribution in [1.82, 2.24) is 24.9 Å².